The summed E-state index contributed by atoms with van der Waals surface area (Å²) in [7, 11) is 0.449. The third kappa shape index (κ3) is 2.88. The van der Waals surface area contributed by atoms with Gasteiger partial charge in [-0.05, 0) is 13.2 Å². The van der Waals surface area contributed by atoms with Crippen LogP contribution in [0.15, 0.2) is 11.5 Å². The molecule has 0 fully saturated rings. The van der Waals surface area contributed by atoms with Gasteiger partial charge in [0, 0.05) is 4.91 Å². The van der Waals surface area contributed by atoms with E-state index in [9.17, 15) is 4.21 Å². The van der Waals surface area contributed by atoms with E-state index in [4.69, 9.17) is 0 Å². The highest BCUT2D eigenvalue weighted by Gasteiger charge is 1.92. The second kappa shape index (κ2) is 3.27. The van der Waals surface area contributed by atoms with Gasteiger partial charge in [-0.3, -0.25) is 0 Å². The Labute approximate surface area is 50.0 Å². The van der Waals surface area contributed by atoms with Crippen LogP contribution in [0.1, 0.15) is 6.92 Å². The molecule has 1 unspecified atom stereocenters. The van der Waals surface area contributed by atoms with Gasteiger partial charge in [0.05, 0.1) is 0 Å². The number of hydrogen-bond donors (Lipinski definition) is 0. The molecule has 1 atom stereocenters. The van der Waals surface area contributed by atoms with Crippen molar-refractivity contribution in [2.24, 2.45) is 0 Å². The quantitative estimate of drug-likeness (QED) is 0.536. The van der Waals surface area contributed by atoms with Gasteiger partial charge in [-0.1, -0.05) is 17.4 Å². The van der Waals surface area contributed by atoms with Crippen LogP contribution >= 0.6 is 10.8 Å². The zero-order valence-corrected chi connectivity index (χ0v) is 6.06. The lowest BCUT2D eigenvalue weighted by Gasteiger charge is -1.89. The van der Waals surface area contributed by atoms with Crippen LogP contribution in [0.2, 0.25) is 0 Å². The van der Waals surface area contributed by atoms with Crippen molar-refractivity contribution in [1.29, 1.82) is 0 Å². The first-order valence-corrected chi connectivity index (χ1v) is 4.69. The van der Waals surface area contributed by atoms with Crippen molar-refractivity contribution < 1.29 is 4.21 Å². The van der Waals surface area contributed by atoms with E-state index >= 15 is 0 Å². The minimum absolute atomic E-state index is 0.729. The zero-order chi connectivity index (χ0) is 5.86. The normalized spacial score (nSPS) is 13.4. The molecule has 0 heterocycles. The van der Waals surface area contributed by atoms with Gasteiger partial charge in [0.1, 0.15) is 9.83 Å². The highest BCUT2D eigenvalue weighted by Crippen LogP contribution is 2.08. The van der Waals surface area contributed by atoms with E-state index < -0.39 is 9.83 Å². The van der Waals surface area contributed by atoms with Crippen LogP contribution in [0.25, 0.3) is 0 Å². The molecule has 42 valence electrons. The van der Waals surface area contributed by atoms with E-state index in [2.05, 4.69) is 6.58 Å². The minimum Gasteiger partial charge on any atom is -0.243 e. The summed E-state index contributed by atoms with van der Waals surface area (Å²) in [5.74, 6) is 0. The van der Waals surface area contributed by atoms with Crippen LogP contribution in [0.4, 0.5) is 0 Å². The molecule has 0 spiro atoms. The molecule has 0 aliphatic rings. The summed E-state index contributed by atoms with van der Waals surface area (Å²) in [5, 5.41) is 0. The Bertz CT molecular complexity index is 97.9. The van der Waals surface area contributed by atoms with Crippen LogP contribution in [0.3, 0.4) is 0 Å². The Kier molecular flexibility index (Phi) is 3.38. The topological polar surface area (TPSA) is 17.1 Å². The first-order chi connectivity index (χ1) is 3.18. The lowest BCUT2D eigenvalue weighted by atomic mass is 10.8. The van der Waals surface area contributed by atoms with Crippen molar-refractivity contribution in [3.05, 3.63) is 11.5 Å². The average Bonchev–Trinajstić information content (AvgIpc) is 1.65. The van der Waals surface area contributed by atoms with Crippen molar-refractivity contribution >= 4 is 20.6 Å². The standard InChI is InChI=1S/C4H8OS2/c1-4(2)7(5)6-3/h1H2,2-3H3. The van der Waals surface area contributed by atoms with E-state index in [0.29, 0.717) is 0 Å². The van der Waals surface area contributed by atoms with Crippen molar-refractivity contribution in [3.8, 4) is 0 Å². The predicted molar refractivity (Wildman–Crippen MR) is 36.5 cm³/mol. The molecule has 0 aliphatic heterocycles. The monoisotopic (exact) mass is 136 g/mol. The Hall–Kier alpha value is 0.240. The molecular formula is C4H8OS2. The summed E-state index contributed by atoms with van der Waals surface area (Å²) in [5.41, 5.74) is 0. The molecule has 0 aliphatic carbocycles. The fourth-order valence-electron chi connectivity index (χ4n) is 0.142. The summed E-state index contributed by atoms with van der Waals surface area (Å²) in [4.78, 5) is 0.729. The molecule has 7 heavy (non-hydrogen) atoms. The zero-order valence-electron chi connectivity index (χ0n) is 4.43. The summed E-state index contributed by atoms with van der Waals surface area (Å²) in [6, 6.07) is 0. The second-order valence-electron chi connectivity index (χ2n) is 1.10. The van der Waals surface area contributed by atoms with Gasteiger partial charge < -0.3 is 0 Å². The molecule has 0 bridgehead atoms. The molecule has 0 aromatic heterocycles. The van der Waals surface area contributed by atoms with E-state index in [1.807, 2.05) is 0 Å². The van der Waals surface area contributed by atoms with Gasteiger partial charge >= 0.3 is 0 Å². The summed E-state index contributed by atoms with van der Waals surface area (Å²) in [6.07, 6.45) is 1.80. The van der Waals surface area contributed by atoms with E-state index in [0.717, 1.165) is 4.91 Å². The maximum atomic E-state index is 10.5. The lowest BCUT2D eigenvalue weighted by molar-refractivity contribution is 0.695. The molecular weight excluding hydrogens is 128 g/mol. The van der Waals surface area contributed by atoms with E-state index in [-0.39, 0.29) is 0 Å². The molecule has 0 N–H and O–H groups in total. The predicted octanol–water partition coefficient (Wildman–Crippen LogP) is 1.55. The molecule has 0 saturated heterocycles. The molecule has 0 rings (SSSR count). The molecule has 0 radical (unpaired) electrons. The van der Waals surface area contributed by atoms with E-state index in [1.54, 1.807) is 13.2 Å². The Morgan fingerprint density at radius 1 is 1.86 bits per heavy atom. The lowest BCUT2D eigenvalue weighted by Crippen LogP contribution is -1.78. The first-order valence-electron chi connectivity index (χ1n) is 1.80. The smallest absolute Gasteiger partial charge is 0.107 e. The van der Waals surface area contributed by atoms with Gasteiger partial charge in [-0.2, -0.15) is 0 Å². The maximum absolute atomic E-state index is 10.5. The van der Waals surface area contributed by atoms with Crippen molar-refractivity contribution in [3.63, 3.8) is 0 Å². The van der Waals surface area contributed by atoms with Gasteiger partial charge in [0.2, 0.25) is 0 Å². The van der Waals surface area contributed by atoms with Crippen LogP contribution in [0, 0.1) is 0 Å². The number of hydrogen-bond acceptors (Lipinski definition) is 2. The Morgan fingerprint density at radius 2 is 2.29 bits per heavy atom. The molecule has 3 heteroatoms. The van der Waals surface area contributed by atoms with Gasteiger partial charge in [0.15, 0.2) is 0 Å². The number of allylic oxidation sites excluding steroid dienone is 1. The third-order valence-electron chi connectivity index (χ3n) is 0.436. The molecule has 1 nitrogen and oxygen atoms in total. The van der Waals surface area contributed by atoms with Crippen molar-refractivity contribution in [1.82, 2.24) is 0 Å². The minimum atomic E-state index is -0.856. The second-order valence-corrected chi connectivity index (χ2v) is 4.51. The van der Waals surface area contributed by atoms with Crippen LogP contribution in [0.5, 0.6) is 0 Å². The van der Waals surface area contributed by atoms with Crippen LogP contribution < -0.4 is 0 Å². The highest BCUT2D eigenvalue weighted by molar-refractivity contribution is 8.70. The largest absolute Gasteiger partial charge is 0.243 e. The summed E-state index contributed by atoms with van der Waals surface area (Å²) in [6.45, 7) is 5.26. The summed E-state index contributed by atoms with van der Waals surface area (Å²) < 4.78 is 10.5. The maximum Gasteiger partial charge on any atom is 0.107 e. The third-order valence-corrected chi connectivity index (χ3v) is 3.07. The molecule has 0 saturated carbocycles. The van der Waals surface area contributed by atoms with Crippen molar-refractivity contribution in [2.45, 2.75) is 6.92 Å². The SMILES string of the molecule is C=C(C)S(=O)SC. The fraction of sp³-hybridized carbons (Fsp3) is 0.500. The van der Waals surface area contributed by atoms with Gasteiger partial charge in [-0.15, -0.1) is 0 Å². The van der Waals surface area contributed by atoms with Crippen LogP contribution in [-0.4, -0.2) is 10.5 Å². The number of rotatable bonds is 2. The van der Waals surface area contributed by atoms with E-state index in [1.165, 1.54) is 10.8 Å². The van der Waals surface area contributed by atoms with Crippen LogP contribution in [-0.2, 0) is 9.83 Å². The average molecular weight is 136 g/mol. The molecule has 0 aromatic carbocycles. The summed E-state index contributed by atoms with van der Waals surface area (Å²) >= 11 is 0. The van der Waals surface area contributed by atoms with Crippen molar-refractivity contribution in [2.75, 3.05) is 6.26 Å². The highest BCUT2D eigenvalue weighted by atomic mass is 33.1. The Morgan fingerprint density at radius 3 is 2.29 bits per heavy atom. The molecule has 0 aromatic rings. The van der Waals surface area contributed by atoms with Gasteiger partial charge in [-0.25, -0.2) is 4.21 Å². The Balaban J connectivity index is 3.58. The van der Waals surface area contributed by atoms with Gasteiger partial charge in [0.25, 0.3) is 0 Å². The first kappa shape index (κ1) is 7.24. The fourth-order valence-corrected chi connectivity index (χ4v) is 1.28. The molecule has 0 amide bonds.